The summed E-state index contributed by atoms with van der Waals surface area (Å²) in [6.07, 6.45) is 13.0. The summed E-state index contributed by atoms with van der Waals surface area (Å²) in [6.45, 7) is 3.89. The van der Waals surface area contributed by atoms with Crippen LogP contribution in [0.5, 0.6) is 0 Å². The van der Waals surface area contributed by atoms with Crippen molar-refractivity contribution in [3.8, 4) is 0 Å². The molecule has 3 fully saturated rings. The van der Waals surface area contributed by atoms with Gasteiger partial charge < -0.3 is 24.7 Å². The largest absolute Gasteiger partial charge is 0.469 e. The Morgan fingerprint density at radius 1 is 1.13 bits per heavy atom. The molecule has 3 heterocycles. The van der Waals surface area contributed by atoms with Gasteiger partial charge in [-0.1, -0.05) is 19.3 Å². The van der Waals surface area contributed by atoms with Crippen molar-refractivity contribution in [3.05, 3.63) is 24.2 Å². The number of carbonyl (C=O) groups excluding carboxylic acids is 1. The molecule has 1 aromatic heterocycles. The molecule has 3 aliphatic rings. The van der Waals surface area contributed by atoms with E-state index < -0.39 is 0 Å². The third-order valence-corrected chi connectivity index (χ3v) is 6.77. The molecule has 7 nitrogen and oxygen atoms in total. The van der Waals surface area contributed by atoms with E-state index in [1.165, 1.54) is 25.7 Å². The van der Waals surface area contributed by atoms with Crippen molar-refractivity contribution < 1.29 is 13.9 Å². The molecule has 31 heavy (non-hydrogen) atoms. The molecule has 0 bridgehead atoms. The standard InChI is InChI=1S/C24H38N4O3/c29-23(19-7-2-1-3-8-19)28-14-12-20(18-28)27-24(25-13-11-21-10-6-16-30-21)26-17-22-9-4-5-15-31-22/h6,10,16,19-20,22H,1-5,7-9,11-15,17-18H2,(H2,25,26,27). The minimum atomic E-state index is 0.213. The zero-order chi connectivity index (χ0) is 21.3. The SMILES string of the molecule is O=C(C1CCCCC1)N1CCC(NC(=NCC2CCCCO2)NCCc2ccco2)C1. The fourth-order valence-electron chi connectivity index (χ4n) is 4.94. The predicted octanol–water partition coefficient (Wildman–Crippen LogP) is 3.11. The minimum Gasteiger partial charge on any atom is -0.469 e. The smallest absolute Gasteiger partial charge is 0.225 e. The average Bonchev–Trinajstić information content (AvgIpc) is 3.50. The van der Waals surface area contributed by atoms with Crippen molar-refractivity contribution in [3.63, 3.8) is 0 Å². The molecule has 0 aromatic carbocycles. The Bertz CT molecular complexity index is 694. The predicted molar refractivity (Wildman–Crippen MR) is 121 cm³/mol. The van der Waals surface area contributed by atoms with Gasteiger partial charge in [-0.2, -0.15) is 0 Å². The highest BCUT2D eigenvalue weighted by atomic mass is 16.5. The molecular weight excluding hydrogens is 392 g/mol. The maximum atomic E-state index is 12.9. The number of guanidine groups is 1. The van der Waals surface area contributed by atoms with Crippen molar-refractivity contribution >= 4 is 11.9 Å². The minimum absolute atomic E-state index is 0.213. The van der Waals surface area contributed by atoms with Crippen LogP contribution in [-0.2, 0) is 16.0 Å². The number of nitrogens with zero attached hydrogens (tertiary/aromatic N) is 2. The third-order valence-electron chi connectivity index (χ3n) is 6.77. The summed E-state index contributed by atoms with van der Waals surface area (Å²) in [7, 11) is 0. The van der Waals surface area contributed by atoms with Crippen LogP contribution in [0.4, 0.5) is 0 Å². The van der Waals surface area contributed by atoms with Gasteiger partial charge in [-0.25, -0.2) is 0 Å². The van der Waals surface area contributed by atoms with E-state index in [-0.39, 0.29) is 18.1 Å². The van der Waals surface area contributed by atoms with Gasteiger partial charge in [-0.05, 0) is 50.7 Å². The Kier molecular flexibility index (Phi) is 8.27. The van der Waals surface area contributed by atoms with Crippen molar-refractivity contribution in [1.82, 2.24) is 15.5 Å². The first-order chi connectivity index (χ1) is 15.3. The van der Waals surface area contributed by atoms with Gasteiger partial charge in [0.2, 0.25) is 5.91 Å². The van der Waals surface area contributed by atoms with Crippen LogP contribution < -0.4 is 10.6 Å². The molecule has 0 radical (unpaired) electrons. The Hall–Kier alpha value is -2.02. The maximum Gasteiger partial charge on any atom is 0.225 e. The first kappa shape index (κ1) is 22.2. The maximum absolute atomic E-state index is 12.9. The lowest BCUT2D eigenvalue weighted by Gasteiger charge is -2.26. The quantitative estimate of drug-likeness (QED) is 0.513. The third kappa shape index (κ3) is 6.73. The molecule has 2 saturated heterocycles. The van der Waals surface area contributed by atoms with Gasteiger partial charge in [0.05, 0.1) is 18.9 Å². The van der Waals surface area contributed by atoms with E-state index in [1.54, 1.807) is 6.26 Å². The van der Waals surface area contributed by atoms with Crippen molar-refractivity contribution in [2.24, 2.45) is 10.9 Å². The van der Waals surface area contributed by atoms with E-state index in [1.807, 2.05) is 12.1 Å². The Balaban J connectivity index is 1.29. The highest BCUT2D eigenvalue weighted by molar-refractivity contribution is 5.81. The van der Waals surface area contributed by atoms with Crippen LogP contribution in [0.1, 0.15) is 63.5 Å². The number of hydrogen-bond donors (Lipinski definition) is 2. The summed E-state index contributed by atoms with van der Waals surface area (Å²) < 4.78 is 11.3. The molecule has 7 heteroatoms. The van der Waals surface area contributed by atoms with Crippen LogP contribution in [0.15, 0.2) is 27.8 Å². The second-order valence-corrected chi connectivity index (χ2v) is 9.18. The van der Waals surface area contributed by atoms with Crippen LogP contribution in [0.25, 0.3) is 0 Å². The Morgan fingerprint density at radius 3 is 2.77 bits per heavy atom. The van der Waals surface area contributed by atoms with Crippen LogP contribution in [0, 0.1) is 5.92 Å². The topological polar surface area (TPSA) is 79.1 Å². The van der Waals surface area contributed by atoms with E-state index in [4.69, 9.17) is 14.1 Å². The molecule has 1 aliphatic carbocycles. The lowest BCUT2D eigenvalue weighted by molar-refractivity contribution is -0.135. The van der Waals surface area contributed by atoms with Gasteiger partial charge in [0.25, 0.3) is 0 Å². The number of furan rings is 1. The fourth-order valence-corrected chi connectivity index (χ4v) is 4.94. The number of rotatable bonds is 7. The van der Waals surface area contributed by atoms with Crippen molar-refractivity contribution in [2.45, 2.75) is 76.4 Å². The van der Waals surface area contributed by atoms with Gasteiger partial charge in [0.1, 0.15) is 5.76 Å². The molecule has 0 spiro atoms. The monoisotopic (exact) mass is 430 g/mol. The summed E-state index contributed by atoms with van der Waals surface area (Å²) in [5, 5.41) is 7.03. The average molecular weight is 431 g/mol. The molecule has 1 saturated carbocycles. The molecule has 1 aromatic rings. The Morgan fingerprint density at radius 2 is 2.00 bits per heavy atom. The second kappa shape index (κ2) is 11.6. The van der Waals surface area contributed by atoms with Gasteiger partial charge in [-0.15, -0.1) is 0 Å². The van der Waals surface area contributed by atoms with Gasteiger partial charge in [-0.3, -0.25) is 9.79 Å². The summed E-state index contributed by atoms with van der Waals surface area (Å²) >= 11 is 0. The van der Waals surface area contributed by atoms with Gasteiger partial charge in [0.15, 0.2) is 5.96 Å². The molecule has 172 valence electrons. The molecule has 2 atom stereocenters. The zero-order valence-corrected chi connectivity index (χ0v) is 18.7. The van der Waals surface area contributed by atoms with E-state index in [9.17, 15) is 4.79 Å². The molecule has 2 unspecified atom stereocenters. The van der Waals surface area contributed by atoms with E-state index >= 15 is 0 Å². The number of amides is 1. The van der Waals surface area contributed by atoms with Crippen molar-refractivity contribution in [2.75, 3.05) is 32.8 Å². The number of nitrogens with one attached hydrogen (secondary N) is 2. The van der Waals surface area contributed by atoms with Crippen LogP contribution in [-0.4, -0.2) is 61.7 Å². The lowest BCUT2D eigenvalue weighted by Crippen LogP contribution is -2.46. The molecular formula is C24H38N4O3. The lowest BCUT2D eigenvalue weighted by atomic mass is 9.88. The molecule has 1 amide bonds. The second-order valence-electron chi connectivity index (χ2n) is 9.18. The van der Waals surface area contributed by atoms with Crippen LogP contribution >= 0.6 is 0 Å². The van der Waals surface area contributed by atoms with Crippen molar-refractivity contribution in [1.29, 1.82) is 0 Å². The van der Waals surface area contributed by atoms with E-state index in [2.05, 4.69) is 15.5 Å². The molecule has 2 aliphatic heterocycles. The normalized spacial score (nSPS) is 25.5. The fraction of sp³-hybridized carbons (Fsp3) is 0.750. The highest BCUT2D eigenvalue weighted by Crippen LogP contribution is 2.26. The zero-order valence-electron chi connectivity index (χ0n) is 18.7. The first-order valence-electron chi connectivity index (χ1n) is 12.3. The van der Waals surface area contributed by atoms with Gasteiger partial charge >= 0.3 is 0 Å². The van der Waals surface area contributed by atoms with Crippen LogP contribution in [0.2, 0.25) is 0 Å². The van der Waals surface area contributed by atoms with Crippen LogP contribution in [0.3, 0.4) is 0 Å². The Labute approximate surface area is 186 Å². The first-order valence-corrected chi connectivity index (χ1v) is 12.3. The number of ether oxygens (including phenoxy) is 1. The molecule has 2 N–H and O–H groups in total. The number of carbonyl (C=O) groups is 1. The summed E-state index contributed by atoms with van der Waals surface area (Å²) in [4.78, 5) is 19.8. The molecule has 4 rings (SSSR count). The number of hydrogen-bond acceptors (Lipinski definition) is 4. The van der Waals surface area contributed by atoms with E-state index in [0.29, 0.717) is 12.5 Å². The van der Waals surface area contributed by atoms with E-state index in [0.717, 1.165) is 76.5 Å². The summed E-state index contributed by atoms with van der Waals surface area (Å²) in [6, 6.07) is 4.15. The number of likely N-dealkylation sites (tertiary alicyclic amines) is 1. The van der Waals surface area contributed by atoms with Gasteiger partial charge in [0, 0.05) is 44.6 Å². The summed E-state index contributed by atoms with van der Waals surface area (Å²) in [5.41, 5.74) is 0. The summed E-state index contributed by atoms with van der Waals surface area (Å²) in [5.74, 6) is 2.39. The highest BCUT2D eigenvalue weighted by Gasteiger charge is 2.31. The number of aliphatic imine (C=N–C) groups is 1.